The molecule has 0 heterocycles. The molecule has 3 aromatic rings. The molecule has 0 fully saturated rings. The van der Waals surface area contributed by atoms with Gasteiger partial charge < -0.3 is 9.84 Å². The average molecular weight is 375 g/mol. The molecule has 0 radical (unpaired) electrons. The van der Waals surface area contributed by atoms with E-state index in [1.807, 2.05) is 12.1 Å². The van der Waals surface area contributed by atoms with E-state index < -0.39 is 10.9 Å². The third kappa shape index (κ3) is 4.07. The zero-order valence-corrected chi connectivity index (χ0v) is 15.0. The van der Waals surface area contributed by atoms with E-state index in [1.54, 1.807) is 61.7 Å². The summed E-state index contributed by atoms with van der Waals surface area (Å²) in [6, 6.07) is 18.4. The molecule has 0 atom stereocenters. The van der Waals surface area contributed by atoms with Gasteiger partial charge >= 0.3 is 5.97 Å². The Morgan fingerprint density at radius 2 is 1.75 bits per heavy atom. The van der Waals surface area contributed by atoms with Crippen LogP contribution in [0.3, 0.4) is 0 Å². The van der Waals surface area contributed by atoms with Gasteiger partial charge in [-0.3, -0.25) is 10.1 Å². The van der Waals surface area contributed by atoms with Gasteiger partial charge in [0.2, 0.25) is 0 Å². The summed E-state index contributed by atoms with van der Waals surface area (Å²) in [6.45, 7) is 0. The predicted molar refractivity (Wildman–Crippen MR) is 107 cm³/mol. The van der Waals surface area contributed by atoms with Crippen LogP contribution in [0.4, 0.5) is 5.69 Å². The molecular weight excluding hydrogens is 358 g/mol. The van der Waals surface area contributed by atoms with Gasteiger partial charge in [-0.05, 0) is 53.1 Å². The van der Waals surface area contributed by atoms with Gasteiger partial charge in [-0.1, -0.05) is 36.4 Å². The summed E-state index contributed by atoms with van der Waals surface area (Å²) in [6.07, 6.45) is 3.40. The van der Waals surface area contributed by atoms with Crippen LogP contribution >= 0.6 is 0 Å². The second kappa shape index (κ2) is 8.18. The third-order valence-electron chi connectivity index (χ3n) is 4.26. The molecule has 0 unspecified atom stereocenters. The topological polar surface area (TPSA) is 89.7 Å². The molecule has 140 valence electrons. The highest BCUT2D eigenvalue weighted by molar-refractivity contribution is 5.96. The average Bonchev–Trinajstić information content (AvgIpc) is 2.72. The van der Waals surface area contributed by atoms with Crippen LogP contribution in [0.5, 0.6) is 5.75 Å². The molecule has 28 heavy (non-hydrogen) atoms. The maximum Gasteiger partial charge on any atom is 0.336 e. The van der Waals surface area contributed by atoms with Crippen LogP contribution in [-0.2, 0) is 0 Å². The Hall–Kier alpha value is -3.93. The first-order chi connectivity index (χ1) is 13.5. The number of carboxylic acids is 1. The summed E-state index contributed by atoms with van der Waals surface area (Å²) in [5, 5.41) is 20.8. The Morgan fingerprint density at radius 1 is 1.04 bits per heavy atom. The lowest BCUT2D eigenvalue weighted by molar-refractivity contribution is -0.385. The monoisotopic (exact) mass is 375 g/mol. The fraction of sp³-hybridized carbons (Fsp3) is 0.0455. The molecule has 0 aliphatic carbocycles. The van der Waals surface area contributed by atoms with Crippen molar-refractivity contribution in [1.29, 1.82) is 0 Å². The quantitative estimate of drug-likeness (QED) is 0.366. The Kier molecular flexibility index (Phi) is 5.50. The van der Waals surface area contributed by atoms with Crippen molar-refractivity contribution in [2.75, 3.05) is 7.11 Å². The molecule has 0 aliphatic rings. The van der Waals surface area contributed by atoms with E-state index >= 15 is 0 Å². The standard InChI is InChI=1S/C22H17NO5/c1-28-18-11-7-15(8-12-18)6-9-17-14-16(10-13-21(17)23(26)27)19-4-2-3-5-20(19)22(24)25/h2-14H,1H3,(H,24,25). The molecule has 0 aromatic heterocycles. The molecule has 6 nitrogen and oxygen atoms in total. The minimum Gasteiger partial charge on any atom is -0.497 e. The number of rotatable bonds is 6. The Morgan fingerprint density at radius 3 is 2.39 bits per heavy atom. The molecule has 0 aliphatic heterocycles. The Labute approximate surface area is 161 Å². The first-order valence-electron chi connectivity index (χ1n) is 8.43. The zero-order valence-electron chi connectivity index (χ0n) is 15.0. The number of aromatic carboxylic acids is 1. The first kappa shape index (κ1) is 18.8. The highest BCUT2D eigenvalue weighted by Gasteiger charge is 2.16. The van der Waals surface area contributed by atoms with Crippen molar-refractivity contribution in [2.24, 2.45) is 0 Å². The van der Waals surface area contributed by atoms with Crippen LogP contribution in [0.15, 0.2) is 66.7 Å². The number of benzene rings is 3. The van der Waals surface area contributed by atoms with Crippen LogP contribution in [-0.4, -0.2) is 23.1 Å². The Balaban J connectivity index is 2.04. The first-order valence-corrected chi connectivity index (χ1v) is 8.43. The lowest BCUT2D eigenvalue weighted by Gasteiger charge is -2.08. The number of hydrogen-bond acceptors (Lipinski definition) is 4. The fourth-order valence-corrected chi connectivity index (χ4v) is 2.84. The number of nitro benzene ring substituents is 1. The molecule has 0 saturated carbocycles. The number of hydrogen-bond donors (Lipinski definition) is 1. The number of nitro groups is 1. The van der Waals surface area contributed by atoms with Gasteiger partial charge in [0.25, 0.3) is 5.69 Å². The Bertz CT molecular complexity index is 1050. The molecule has 3 rings (SSSR count). The second-order valence-corrected chi connectivity index (χ2v) is 5.99. The van der Waals surface area contributed by atoms with Gasteiger partial charge in [-0.2, -0.15) is 0 Å². The van der Waals surface area contributed by atoms with Gasteiger partial charge in [0.15, 0.2) is 0 Å². The minimum atomic E-state index is -1.05. The highest BCUT2D eigenvalue weighted by Crippen LogP contribution is 2.30. The maximum atomic E-state index is 11.5. The van der Waals surface area contributed by atoms with Crippen LogP contribution < -0.4 is 4.74 Å². The molecule has 0 amide bonds. The summed E-state index contributed by atoms with van der Waals surface area (Å²) in [5.41, 5.74) is 2.43. The minimum absolute atomic E-state index is 0.0543. The van der Waals surface area contributed by atoms with Crippen LogP contribution in [0, 0.1) is 10.1 Å². The predicted octanol–water partition coefficient (Wildman–Crippen LogP) is 5.14. The van der Waals surface area contributed by atoms with Crippen molar-refractivity contribution < 1.29 is 19.6 Å². The molecule has 0 spiro atoms. The largest absolute Gasteiger partial charge is 0.497 e. The fourth-order valence-electron chi connectivity index (χ4n) is 2.84. The van der Waals surface area contributed by atoms with Crippen molar-refractivity contribution in [3.63, 3.8) is 0 Å². The van der Waals surface area contributed by atoms with Crippen molar-refractivity contribution in [3.05, 3.63) is 93.5 Å². The van der Waals surface area contributed by atoms with E-state index in [0.29, 0.717) is 16.7 Å². The number of methoxy groups -OCH3 is 1. The van der Waals surface area contributed by atoms with E-state index in [4.69, 9.17) is 4.74 Å². The summed E-state index contributed by atoms with van der Waals surface area (Å²) >= 11 is 0. The summed E-state index contributed by atoms with van der Waals surface area (Å²) < 4.78 is 5.12. The van der Waals surface area contributed by atoms with E-state index in [-0.39, 0.29) is 11.3 Å². The van der Waals surface area contributed by atoms with Gasteiger partial charge in [-0.15, -0.1) is 0 Å². The zero-order chi connectivity index (χ0) is 20.1. The van der Waals surface area contributed by atoms with Crippen molar-refractivity contribution >= 4 is 23.8 Å². The SMILES string of the molecule is COc1ccc(C=Cc2cc(-c3ccccc3C(=O)O)ccc2[N+](=O)[O-])cc1. The van der Waals surface area contributed by atoms with Gasteiger partial charge in [-0.25, -0.2) is 4.79 Å². The van der Waals surface area contributed by atoms with Crippen LogP contribution in [0.2, 0.25) is 0 Å². The van der Waals surface area contributed by atoms with Gasteiger partial charge in [0.05, 0.1) is 23.2 Å². The van der Waals surface area contributed by atoms with Crippen LogP contribution in [0.1, 0.15) is 21.5 Å². The number of nitrogens with zero attached hydrogens (tertiary/aromatic N) is 1. The van der Waals surface area contributed by atoms with Gasteiger partial charge in [0, 0.05) is 6.07 Å². The van der Waals surface area contributed by atoms with Gasteiger partial charge in [0.1, 0.15) is 5.75 Å². The maximum absolute atomic E-state index is 11.5. The van der Waals surface area contributed by atoms with Crippen LogP contribution in [0.25, 0.3) is 23.3 Å². The van der Waals surface area contributed by atoms with E-state index in [2.05, 4.69) is 0 Å². The highest BCUT2D eigenvalue weighted by atomic mass is 16.6. The lowest BCUT2D eigenvalue weighted by atomic mass is 9.97. The molecule has 1 N–H and O–H groups in total. The van der Waals surface area contributed by atoms with Crippen molar-refractivity contribution in [2.45, 2.75) is 0 Å². The summed E-state index contributed by atoms with van der Waals surface area (Å²) in [4.78, 5) is 22.4. The van der Waals surface area contributed by atoms with E-state index in [9.17, 15) is 20.0 Å². The molecule has 6 heteroatoms. The summed E-state index contributed by atoms with van der Waals surface area (Å²) in [7, 11) is 1.58. The van der Waals surface area contributed by atoms with Crippen molar-refractivity contribution in [3.8, 4) is 16.9 Å². The normalized spacial score (nSPS) is 10.8. The molecule has 0 bridgehead atoms. The second-order valence-electron chi connectivity index (χ2n) is 5.99. The summed E-state index contributed by atoms with van der Waals surface area (Å²) in [5.74, 6) is -0.334. The molecule has 3 aromatic carbocycles. The van der Waals surface area contributed by atoms with Crippen molar-refractivity contribution in [1.82, 2.24) is 0 Å². The van der Waals surface area contributed by atoms with E-state index in [1.165, 1.54) is 12.1 Å². The lowest BCUT2D eigenvalue weighted by Crippen LogP contribution is -1.99. The molecular formula is C22H17NO5. The number of carbonyl (C=O) groups is 1. The number of ether oxygens (including phenoxy) is 1. The number of carboxylic acid groups (broad SMARTS) is 1. The molecule has 0 saturated heterocycles. The smallest absolute Gasteiger partial charge is 0.336 e. The van der Waals surface area contributed by atoms with E-state index in [0.717, 1.165) is 11.3 Å². The third-order valence-corrected chi connectivity index (χ3v) is 4.26.